The second kappa shape index (κ2) is 9.27. The Kier molecular flexibility index (Phi) is 6.48. The van der Waals surface area contributed by atoms with Gasteiger partial charge in [0.2, 0.25) is 5.28 Å². The summed E-state index contributed by atoms with van der Waals surface area (Å²) >= 11 is 6.16. The smallest absolute Gasteiger partial charge is 0.435 e. The number of ether oxygens (including phenoxy) is 2. The van der Waals surface area contributed by atoms with Gasteiger partial charge in [-0.1, -0.05) is 12.1 Å². The van der Waals surface area contributed by atoms with E-state index < -0.39 is 23.4 Å². The number of hydrogen-bond donors (Lipinski definition) is 1. The maximum absolute atomic E-state index is 13.3. The molecule has 0 bridgehead atoms. The Bertz CT molecular complexity index is 1410. The highest BCUT2D eigenvalue weighted by molar-refractivity contribution is 6.29. The molecule has 1 N–H and O–H groups in total. The zero-order chi connectivity index (χ0) is 26.3. The van der Waals surface area contributed by atoms with Crippen LogP contribution in [0.25, 0.3) is 22.2 Å². The molecular formula is C25H27ClN6O4. The van der Waals surface area contributed by atoms with Gasteiger partial charge in [0.1, 0.15) is 16.7 Å². The average molecular weight is 511 g/mol. The van der Waals surface area contributed by atoms with Gasteiger partial charge in [0.05, 0.1) is 17.4 Å². The summed E-state index contributed by atoms with van der Waals surface area (Å²) < 4.78 is 12.2. The van der Waals surface area contributed by atoms with Gasteiger partial charge >= 0.3 is 12.2 Å². The number of anilines is 2. The van der Waals surface area contributed by atoms with Crippen molar-refractivity contribution in [1.29, 1.82) is 0 Å². The highest BCUT2D eigenvalue weighted by Crippen LogP contribution is 2.33. The van der Waals surface area contributed by atoms with E-state index in [-0.39, 0.29) is 11.1 Å². The summed E-state index contributed by atoms with van der Waals surface area (Å²) in [6.07, 6.45) is 3.65. The van der Waals surface area contributed by atoms with E-state index in [1.165, 1.54) is 4.90 Å². The van der Waals surface area contributed by atoms with E-state index in [2.05, 4.69) is 20.1 Å². The quantitative estimate of drug-likeness (QED) is 0.320. The lowest BCUT2D eigenvalue weighted by Crippen LogP contribution is -2.34. The summed E-state index contributed by atoms with van der Waals surface area (Å²) in [7, 11) is 0. The largest absolute Gasteiger partial charge is 0.443 e. The van der Waals surface area contributed by atoms with Crippen LogP contribution in [0.3, 0.4) is 0 Å². The second-order valence-corrected chi connectivity index (χ2v) is 10.4. The SMILES string of the molecule is CC(C)(C)OC(=O)N(c1ccc(-c2cnn(C(=O)OC(C)(C)C)c2)cc1)c1nc(Cl)nc2cc[nH]c12. The number of benzene rings is 1. The number of aromatic nitrogens is 5. The molecule has 0 fully saturated rings. The van der Waals surface area contributed by atoms with Crippen molar-refractivity contribution in [1.82, 2.24) is 24.7 Å². The van der Waals surface area contributed by atoms with Crippen molar-refractivity contribution in [2.45, 2.75) is 52.7 Å². The number of carbonyl (C=O) groups excluding carboxylic acids is 2. The molecule has 36 heavy (non-hydrogen) atoms. The Labute approximate surface area is 213 Å². The molecule has 0 aliphatic carbocycles. The van der Waals surface area contributed by atoms with Gasteiger partial charge in [-0.3, -0.25) is 0 Å². The molecule has 10 nitrogen and oxygen atoms in total. The first-order chi connectivity index (χ1) is 16.8. The highest BCUT2D eigenvalue weighted by atomic mass is 35.5. The lowest BCUT2D eigenvalue weighted by Gasteiger charge is -2.27. The van der Waals surface area contributed by atoms with Crippen LogP contribution in [0, 0.1) is 0 Å². The van der Waals surface area contributed by atoms with Crippen molar-refractivity contribution in [3.8, 4) is 11.1 Å². The molecule has 0 radical (unpaired) electrons. The molecule has 0 spiro atoms. The monoisotopic (exact) mass is 510 g/mol. The molecular weight excluding hydrogens is 484 g/mol. The molecule has 11 heteroatoms. The van der Waals surface area contributed by atoms with Gasteiger partial charge in [0.25, 0.3) is 0 Å². The van der Waals surface area contributed by atoms with E-state index in [0.717, 1.165) is 10.2 Å². The predicted molar refractivity (Wildman–Crippen MR) is 137 cm³/mol. The summed E-state index contributed by atoms with van der Waals surface area (Å²) in [6, 6.07) is 8.84. The summed E-state index contributed by atoms with van der Waals surface area (Å²) in [4.78, 5) is 38.5. The van der Waals surface area contributed by atoms with E-state index in [1.54, 1.807) is 90.5 Å². The number of halogens is 1. The van der Waals surface area contributed by atoms with Crippen LogP contribution in [0.5, 0.6) is 0 Å². The number of fused-ring (bicyclic) bond motifs is 1. The summed E-state index contributed by atoms with van der Waals surface area (Å²) in [5.74, 6) is 0.259. The Hall–Kier alpha value is -3.92. The van der Waals surface area contributed by atoms with Gasteiger partial charge in [-0.15, -0.1) is 0 Å². The maximum Gasteiger partial charge on any atom is 0.435 e. The molecule has 4 aromatic rings. The molecule has 0 saturated heterocycles. The number of rotatable bonds is 3. The standard InChI is InChI=1S/C25H27ClN6O4/c1-24(2,3)35-22(33)31-14-16(13-28-31)15-7-9-17(10-8-15)32(23(34)36-25(4,5)6)20-19-18(11-12-27-19)29-21(26)30-20/h7-14,27H,1-6H3. The van der Waals surface area contributed by atoms with E-state index >= 15 is 0 Å². The van der Waals surface area contributed by atoms with Crippen LogP contribution < -0.4 is 4.90 Å². The van der Waals surface area contributed by atoms with Crippen LogP contribution in [0.2, 0.25) is 5.28 Å². The van der Waals surface area contributed by atoms with Gasteiger partial charge in [0.15, 0.2) is 5.82 Å². The summed E-state index contributed by atoms with van der Waals surface area (Å²) in [6.45, 7) is 10.7. The first-order valence-electron chi connectivity index (χ1n) is 11.2. The molecule has 0 unspecified atom stereocenters. The number of carbonyl (C=O) groups is 2. The summed E-state index contributed by atoms with van der Waals surface area (Å²) in [5, 5.41) is 4.11. The minimum Gasteiger partial charge on any atom is -0.443 e. The molecule has 3 heterocycles. The first-order valence-corrected chi connectivity index (χ1v) is 11.6. The third-order valence-electron chi connectivity index (χ3n) is 4.77. The van der Waals surface area contributed by atoms with Crippen molar-refractivity contribution in [2.75, 3.05) is 4.90 Å². The Morgan fingerprint density at radius 3 is 2.25 bits per heavy atom. The van der Waals surface area contributed by atoms with Crippen LogP contribution in [0.15, 0.2) is 48.9 Å². The number of nitrogens with one attached hydrogen (secondary N) is 1. The molecule has 0 aliphatic heterocycles. The Morgan fingerprint density at radius 1 is 0.944 bits per heavy atom. The van der Waals surface area contributed by atoms with Crippen molar-refractivity contribution in [3.63, 3.8) is 0 Å². The van der Waals surface area contributed by atoms with Crippen LogP contribution in [0.4, 0.5) is 21.1 Å². The number of amides is 1. The predicted octanol–water partition coefficient (Wildman–Crippen LogP) is 6.33. The van der Waals surface area contributed by atoms with Crippen molar-refractivity contribution >= 4 is 46.3 Å². The molecule has 1 aromatic carbocycles. The third kappa shape index (κ3) is 5.65. The minimum atomic E-state index is -0.739. The topological polar surface area (TPSA) is 115 Å². The molecule has 188 valence electrons. The van der Waals surface area contributed by atoms with Crippen LogP contribution in [0.1, 0.15) is 41.5 Å². The average Bonchev–Trinajstić information content (AvgIpc) is 3.41. The van der Waals surface area contributed by atoms with E-state index in [9.17, 15) is 9.59 Å². The number of H-pyrrole nitrogens is 1. The van der Waals surface area contributed by atoms with Gasteiger partial charge in [-0.2, -0.15) is 14.8 Å². The van der Waals surface area contributed by atoms with Gasteiger partial charge in [-0.05, 0) is 76.9 Å². The van der Waals surface area contributed by atoms with Crippen LogP contribution in [-0.4, -0.2) is 48.1 Å². The molecule has 0 saturated carbocycles. The van der Waals surface area contributed by atoms with Gasteiger partial charge in [-0.25, -0.2) is 19.5 Å². The summed E-state index contributed by atoms with van der Waals surface area (Å²) in [5.41, 5.74) is 1.70. The van der Waals surface area contributed by atoms with Gasteiger partial charge in [0, 0.05) is 18.0 Å². The number of nitrogens with zero attached hydrogens (tertiary/aromatic N) is 5. The van der Waals surface area contributed by atoms with Crippen molar-refractivity contribution in [2.24, 2.45) is 0 Å². The minimum absolute atomic E-state index is 0.00293. The number of hydrogen-bond acceptors (Lipinski definition) is 7. The normalized spacial score (nSPS) is 12.0. The maximum atomic E-state index is 13.3. The van der Waals surface area contributed by atoms with Crippen LogP contribution >= 0.6 is 11.6 Å². The zero-order valence-electron chi connectivity index (χ0n) is 20.9. The fraction of sp³-hybridized carbons (Fsp3) is 0.320. The van der Waals surface area contributed by atoms with Crippen molar-refractivity contribution < 1.29 is 19.1 Å². The zero-order valence-corrected chi connectivity index (χ0v) is 21.6. The van der Waals surface area contributed by atoms with Crippen molar-refractivity contribution in [3.05, 3.63) is 54.2 Å². The second-order valence-electron chi connectivity index (χ2n) is 10.1. The fourth-order valence-corrected chi connectivity index (χ4v) is 3.54. The first kappa shape index (κ1) is 25.2. The van der Waals surface area contributed by atoms with E-state index in [0.29, 0.717) is 22.3 Å². The molecule has 4 rings (SSSR count). The molecule has 3 aromatic heterocycles. The molecule has 1 amide bonds. The number of aromatic amines is 1. The lowest BCUT2D eigenvalue weighted by molar-refractivity contribution is 0.0513. The molecule has 0 aliphatic rings. The Balaban J connectivity index is 1.70. The van der Waals surface area contributed by atoms with Crippen LogP contribution in [-0.2, 0) is 9.47 Å². The van der Waals surface area contributed by atoms with E-state index in [4.69, 9.17) is 21.1 Å². The van der Waals surface area contributed by atoms with Gasteiger partial charge < -0.3 is 14.5 Å². The highest BCUT2D eigenvalue weighted by Gasteiger charge is 2.28. The van der Waals surface area contributed by atoms with E-state index in [1.807, 2.05) is 0 Å². The Morgan fingerprint density at radius 2 is 1.61 bits per heavy atom. The third-order valence-corrected chi connectivity index (χ3v) is 4.94. The molecule has 0 atom stereocenters. The fourth-order valence-electron chi connectivity index (χ4n) is 3.37. The lowest BCUT2D eigenvalue weighted by atomic mass is 10.1.